The zero-order valence-corrected chi connectivity index (χ0v) is 15.9. The quantitative estimate of drug-likeness (QED) is 0.751. The smallest absolute Gasteiger partial charge is 0.241 e. The molecule has 26 heavy (non-hydrogen) atoms. The molecule has 0 unspecified atom stereocenters. The van der Waals surface area contributed by atoms with Crippen LogP contribution in [-0.2, 0) is 21.2 Å². The van der Waals surface area contributed by atoms with Crippen molar-refractivity contribution in [3.8, 4) is 5.75 Å². The molecule has 0 saturated heterocycles. The van der Waals surface area contributed by atoms with Gasteiger partial charge < -0.3 is 9.64 Å². The highest BCUT2D eigenvalue weighted by molar-refractivity contribution is 7.89. The van der Waals surface area contributed by atoms with Crippen LogP contribution in [0.4, 0.5) is 0 Å². The molecule has 2 aromatic rings. The van der Waals surface area contributed by atoms with Gasteiger partial charge in [-0.2, -0.15) is 0 Å². The number of nitrogens with one attached hydrogen (secondary N) is 1. The summed E-state index contributed by atoms with van der Waals surface area (Å²) in [6, 6.07) is 8.44. The molecule has 1 aromatic carbocycles. The van der Waals surface area contributed by atoms with E-state index in [1.165, 1.54) is 18.1 Å². The fourth-order valence-electron chi connectivity index (χ4n) is 2.39. The molecule has 0 bridgehead atoms. The van der Waals surface area contributed by atoms with Crippen molar-refractivity contribution in [2.24, 2.45) is 0 Å². The van der Waals surface area contributed by atoms with Crippen LogP contribution in [0, 0.1) is 6.92 Å². The summed E-state index contributed by atoms with van der Waals surface area (Å²) in [6.45, 7) is 1.88. The third-order valence-electron chi connectivity index (χ3n) is 4.00. The monoisotopic (exact) mass is 377 g/mol. The highest BCUT2D eigenvalue weighted by atomic mass is 32.2. The maximum atomic E-state index is 12.4. The molecule has 1 heterocycles. The van der Waals surface area contributed by atoms with Crippen LogP contribution in [0.5, 0.6) is 5.75 Å². The molecule has 0 spiro atoms. The summed E-state index contributed by atoms with van der Waals surface area (Å²) in [5.41, 5.74) is 1.62. The van der Waals surface area contributed by atoms with E-state index in [1.54, 1.807) is 38.5 Å². The average Bonchev–Trinajstić information content (AvgIpc) is 2.64. The molecule has 1 N–H and O–H groups in total. The Morgan fingerprint density at radius 1 is 1.23 bits per heavy atom. The number of benzene rings is 1. The molecule has 140 valence electrons. The summed E-state index contributed by atoms with van der Waals surface area (Å²) in [4.78, 5) is 17.8. The number of nitrogens with zero attached hydrogens (tertiary/aromatic N) is 2. The second kappa shape index (κ2) is 8.77. The van der Waals surface area contributed by atoms with Gasteiger partial charge in [-0.15, -0.1) is 0 Å². The Bertz CT molecular complexity index is 854. The largest absolute Gasteiger partial charge is 0.497 e. The van der Waals surface area contributed by atoms with Gasteiger partial charge in [0.1, 0.15) is 5.75 Å². The molecule has 0 saturated carbocycles. The van der Waals surface area contributed by atoms with Crippen LogP contribution in [0.1, 0.15) is 11.1 Å². The number of aryl methyl sites for hydroxylation is 1. The van der Waals surface area contributed by atoms with Gasteiger partial charge in [0.25, 0.3) is 0 Å². The van der Waals surface area contributed by atoms with E-state index < -0.39 is 10.0 Å². The number of pyridine rings is 1. The van der Waals surface area contributed by atoms with Crippen LogP contribution >= 0.6 is 0 Å². The fraction of sp³-hybridized carbons (Fsp3) is 0.333. The lowest BCUT2D eigenvalue weighted by Crippen LogP contribution is -2.39. The summed E-state index contributed by atoms with van der Waals surface area (Å²) in [5, 5.41) is 0. The van der Waals surface area contributed by atoms with Gasteiger partial charge in [-0.3, -0.25) is 9.78 Å². The van der Waals surface area contributed by atoms with E-state index in [9.17, 15) is 13.2 Å². The van der Waals surface area contributed by atoms with Crippen molar-refractivity contribution in [3.05, 3.63) is 53.9 Å². The highest BCUT2D eigenvalue weighted by Crippen LogP contribution is 2.20. The van der Waals surface area contributed by atoms with Crippen molar-refractivity contribution in [3.63, 3.8) is 0 Å². The Kier molecular flexibility index (Phi) is 6.70. The van der Waals surface area contributed by atoms with Crippen molar-refractivity contribution in [2.75, 3.05) is 27.2 Å². The number of hydrogen-bond donors (Lipinski definition) is 1. The Hall–Kier alpha value is -2.45. The van der Waals surface area contributed by atoms with E-state index in [4.69, 9.17) is 4.74 Å². The van der Waals surface area contributed by atoms with Crippen LogP contribution in [-0.4, -0.2) is 51.5 Å². The van der Waals surface area contributed by atoms with Crippen molar-refractivity contribution >= 4 is 15.9 Å². The minimum atomic E-state index is -3.77. The number of carbonyl (C=O) groups is 1. The lowest BCUT2D eigenvalue weighted by atomic mass is 10.2. The topological polar surface area (TPSA) is 88.6 Å². The van der Waals surface area contributed by atoms with E-state index in [-0.39, 0.29) is 17.3 Å². The average molecular weight is 377 g/mol. The Morgan fingerprint density at radius 2 is 1.92 bits per heavy atom. The van der Waals surface area contributed by atoms with Crippen molar-refractivity contribution in [1.82, 2.24) is 14.6 Å². The zero-order valence-electron chi connectivity index (χ0n) is 15.1. The molecule has 1 amide bonds. The molecule has 2 rings (SSSR count). The van der Waals surface area contributed by atoms with Crippen molar-refractivity contribution in [1.29, 1.82) is 0 Å². The molecular formula is C18H23N3O4S. The first-order valence-corrected chi connectivity index (χ1v) is 9.59. The SMILES string of the molecule is COc1ccc(S(=O)(=O)NCC(=O)N(C)CCc2ccncc2)c(C)c1. The number of rotatable bonds is 8. The van der Waals surface area contributed by atoms with Gasteiger partial charge in [-0.05, 0) is 54.8 Å². The van der Waals surface area contributed by atoms with Crippen LogP contribution in [0.3, 0.4) is 0 Å². The normalized spacial score (nSPS) is 11.2. The first-order chi connectivity index (χ1) is 12.3. The minimum Gasteiger partial charge on any atom is -0.497 e. The molecule has 1 aromatic heterocycles. The number of amides is 1. The third kappa shape index (κ3) is 5.27. The van der Waals surface area contributed by atoms with Gasteiger partial charge in [-0.1, -0.05) is 0 Å². The molecule has 7 nitrogen and oxygen atoms in total. The Labute approximate surface area is 154 Å². The molecule has 0 aliphatic rings. The van der Waals surface area contributed by atoms with E-state index in [0.717, 1.165) is 5.56 Å². The number of ether oxygens (including phenoxy) is 1. The highest BCUT2D eigenvalue weighted by Gasteiger charge is 2.19. The number of methoxy groups -OCH3 is 1. The molecule has 0 radical (unpaired) electrons. The van der Waals surface area contributed by atoms with E-state index in [1.807, 2.05) is 12.1 Å². The van der Waals surface area contributed by atoms with Gasteiger partial charge in [0, 0.05) is 26.0 Å². The number of sulfonamides is 1. The molecular weight excluding hydrogens is 354 g/mol. The van der Waals surface area contributed by atoms with Crippen molar-refractivity contribution < 1.29 is 17.9 Å². The second-order valence-corrected chi connectivity index (χ2v) is 7.61. The van der Waals surface area contributed by atoms with Gasteiger partial charge in [0.05, 0.1) is 18.6 Å². The van der Waals surface area contributed by atoms with Gasteiger partial charge in [0.2, 0.25) is 15.9 Å². The maximum absolute atomic E-state index is 12.4. The van der Waals surface area contributed by atoms with Gasteiger partial charge >= 0.3 is 0 Å². The van der Waals surface area contributed by atoms with E-state index in [0.29, 0.717) is 24.3 Å². The minimum absolute atomic E-state index is 0.130. The van der Waals surface area contributed by atoms with Crippen LogP contribution < -0.4 is 9.46 Å². The molecule has 0 aliphatic carbocycles. The van der Waals surface area contributed by atoms with E-state index >= 15 is 0 Å². The summed E-state index contributed by atoms with van der Waals surface area (Å²) in [6.07, 6.45) is 4.07. The Morgan fingerprint density at radius 3 is 2.54 bits per heavy atom. The van der Waals surface area contributed by atoms with Crippen LogP contribution in [0.25, 0.3) is 0 Å². The predicted octanol–water partition coefficient (Wildman–Crippen LogP) is 1.38. The number of carbonyl (C=O) groups excluding carboxylic acids is 1. The molecule has 0 atom stereocenters. The summed E-state index contributed by atoms with van der Waals surface area (Å²) < 4.78 is 32.3. The molecule has 8 heteroatoms. The summed E-state index contributed by atoms with van der Waals surface area (Å²) in [5.74, 6) is 0.280. The summed E-state index contributed by atoms with van der Waals surface area (Å²) >= 11 is 0. The van der Waals surface area contributed by atoms with Crippen LogP contribution in [0.2, 0.25) is 0 Å². The molecule has 0 aliphatic heterocycles. The first-order valence-electron chi connectivity index (χ1n) is 8.10. The maximum Gasteiger partial charge on any atom is 0.241 e. The first kappa shape index (κ1) is 19.9. The number of aromatic nitrogens is 1. The van der Waals surface area contributed by atoms with E-state index in [2.05, 4.69) is 9.71 Å². The van der Waals surface area contributed by atoms with Crippen molar-refractivity contribution in [2.45, 2.75) is 18.2 Å². The molecule has 0 fully saturated rings. The van der Waals surface area contributed by atoms with Gasteiger partial charge in [0.15, 0.2) is 0 Å². The Balaban J connectivity index is 1.92. The standard InChI is InChI=1S/C18H23N3O4S/c1-14-12-16(25-3)4-5-17(14)26(23,24)20-13-18(22)21(2)11-8-15-6-9-19-10-7-15/h4-7,9-10,12,20H,8,11,13H2,1-3H3. The van der Waals surface area contributed by atoms with Gasteiger partial charge in [-0.25, -0.2) is 13.1 Å². The van der Waals surface area contributed by atoms with Crippen LogP contribution in [0.15, 0.2) is 47.6 Å². The lowest BCUT2D eigenvalue weighted by molar-refractivity contribution is -0.128. The summed E-state index contributed by atoms with van der Waals surface area (Å²) in [7, 11) is -0.608. The zero-order chi connectivity index (χ0) is 19.2. The number of hydrogen-bond acceptors (Lipinski definition) is 5. The number of likely N-dealkylation sites (N-methyl/N-ethyl adjacent to an activating group) is 1. The fourth-order valence-corrected chi connectivity index (χ4v) is 3.59. The third-order valence-corrected chi connectivity index (χ3v) is 5.56. The lowest BCUT2D eigenvalue weighted by Gasteiger charge is -2.18. The second-order valence-electron chi connectivity index (χ2n) is 5.88. The predicted molar refractivity (Wildman–Crippen MR) is 98.5 cm³/mol.